The van der Waals surface area contributed by atoms with Gasteiger partial charge in [-0.05, 0) is 48.7 Å². The Morgan fingerprint density at radius 1 is 1.27 bits per heavy atom. The second kappa shape index (κ2) is 5.91. The van der Waals surface area contributed by atoms with Gasteiger partial charge in [-0.3, -0.25) is 4.79 Å². The van der Waals surface area contributed by atoms with Gasteiger partial charge >= 0.3 is 0 Å². The van der Waals surface area contributed by atoms with E-state index in [4.69, 9.17) is 16.3 Å². The molecule has 0 aliphatic carbocycles. The van der Waals surface area contributed by atoms with Crippen LogP contribution in [0.5, 0.6) is 5.75 Å². The molecule has 1 aromatic carbocycles. The lowest BCUT2D eigenvalue weighted by Crippen LogP contribution is -2.30. The van der Waals surface area contributed by atoms with Gasteiger partial charge in [-0.15, -0.1) is 11.3 Å². The highest BCUT2D eigenvalue weighted by atomic mass is 35.5. The van der Waals surface area contributed by atoms with E-state index in [9.17, 15) is 13.2 Å². The van der Waals surface area contributed by atoms with Gasteiger partial charge in [0.1, 0.15) is 5.75 Å². The number of halogens is 1. The van der Waals surface area contributed by atoms with Crippen molar-refractivity contribution in [3.8, 4) is 5.75 Å². The monoisotopic (exact) mass is 357 g/mol. The number of thiophene rings is 1. The molecule has 5 nitrogen and oxygen atoms in total. The van der Waals surface area contributed by atoms with Gasteiger partial charge in [-0.25, -0.2) is 13.1 Å². The standard InChI is InChI=1S/C14H12ClNO4S2/c15-13-6-5-12(21-13)14(17)16-22(18,19)10-3-4-11-9(8-10)2-1-7-20-11/h3-6,8H,1-2,7H2,(H,16,17). The largest absolute Gasteiger partial charge is 0.493 e. The molecule has 2 aromatic rings. The van der Waals surface area contributed by atoms with Gasteiger partial charge in [-0.2, -0.15) is 0 Å². The molecule has 1 N–H and O–H groups in total. The first-order chi connectivity index (χ1) is 10.5. The highest BCUT2D eigenvalue weighted by Gasteiger charge is 2.22. The van der Waals surface area contributed by atoms with Gasteiger partial charge in [0.15, 0.2) is 0 Å². The number of hydrogen-bond acceptors (Lipinski definition) is 5. The topological polar surface area (TPSA) is 72.5 Å². The minimum atomic E-state index is -3.92. The van der Waals surface area contributed by atoms with E-state index in [0.29, 0.717) is 16.7 Å². The summed E-state index contributed by atoms with van der Waals surface area (Å²) in [5.41, 5.74) is 0.834. The molecule has 0 unspecified atom stereocenters. The predicted octanol–water partition coefficient (Wildman–Crippen LogP) is 2.85. The van der Waals surface area contributed by atoms with Crippen molar-refractivity contribution in [2.24, 2.45) is 0 Å². The summed E-state index contributed by atoms with van der Waals surface area (Å²) in [5, 5.41) is 0. The van der Waals surface area contributed by atoms with E-state index in [1.807, 2.05) is 0 Å². The SMILES string of the molecule is O=C(NS(=O)(=O)c1ccc2c(c1)CCCO2)c1ccc(Cl)s1. The number of ether oxygens (including phenoxy) is 1. The van der Waals surface area contributed by atoms with E-state index in [2.05, 4.69) is 4.72 Å². The Labute approximate surface area is 136 Å². The average Bonchev–Trinajstić information content (AvgIpc) is 2.93. The summed E-state index contributed by atoms with van der Waals surface area (Å²) in [6.45, 7) is 0.634. The van der Waals surface area contributed by atoms with Crippen LogP contribution >= 0.6 is 22.9 Å². The van der Waals surface area contributed by atoms with Crippen LogP contribution in [0.15, 0.2) is 35.2 Å². The summed E-state index contributed by atoms with van der Waals surface area (Å²) in [6.07, 6.45) is 1.60. The van der Waals surface area contributed by atoms with E-state index in [1.54, 1.807) is 18.2 Å². The second-order valence-electron chi connectivity index (χ2n) is 4.76. The number of hydrogen-bond donors (Lipinski definition) is 1. The molecule has 0 radical (unpaired) electrons. The summed E-state index contributed by atoms with van der Waals surface area (Å²) in [4.78, 5) is 12.3. The van der Waals surface area contributed by atoms with E-state index in [0.717, 1.165) is 29.7 Å². The van der Waals surface area contributed by atoms with Crippen molar-refractivity contribution in [2.45, 2.75) is 17.7 Å². The van der Waals surface area contributed by atoms with E-state index in [1.165, 1.54) is 12.1 Å². The molecule has 0 spiro atoms. The highest BCUT2D eigenvalue weighted by Crippen LogP contribution is 2.27. The second-order valence-corrected chi connectivity index (χ2v) is 8.16. The molecule has 2 heterocycles. The predicted molar refractivity (Wildman–Crippen MR) is 84.2 cm³/mol. The van der Waals surface area contributed by atoms with E-state index < -0.39 is 15.9 Å². The number of fused-ring (bicyclic) bond motifs is 1. The van der Waals surface area contributed by atoms with Gasteiger partial charge in [0.2, 0.25) is 0 Å². The molecule has 0 saturated carbocycles. The van der Waals surface area contributed by atoms with Crippen LogP contribution in [0.1, 0.15) is 21.7 Å². The van der Waals surface area contributed by atoms with Gasteiger partial charge in [0, 0.05) is 0 Å². The third-order valence-electron chi connectivity index (χ3n) is 3.21. The summed E-state index contributed by atoms with van der Waals surface area (Å²) >= 11 is 6.77. The Morgan fingerprint density at radius 2 is 2.09 bits per heavy atom. The van der Waals surface area contributed by atoms with Crippen LogP contribution in [0.4, 0.5) is 0 Å². The smallest absolute Gasteiger partial charge is 0.275 e. The lowest BCUT2D eigenvalue weighted by molar-refractivity contribution is 0.0985. The Kier molecular flexibility index (Phi) is 4.12. The van der Waals surface area contributed by atoms with Crippen molar-refractivity contribution in [1.29, 1.82) is 0 Å². The maximum atomic E-state index is 12.3. The fraction of sp³-hybridized carbons (Fsp3) is 0.214. The first-order valence-electron chi connectivity index (χ1n) is 6.54. The third kappa shape index (κ3) is 3.11. The molecule has 1 aliphatic rings. The van der Waals surface area contributed by atoms with Gasteiger partial charge in [0.25, 0.3) is 15.9 Å². The molecule has 22 heavy (non-hydrogen) atoms. The number of sulfonamides is 1. The summed E-state index contributed by atoms with van der Waals surface area (Å²) in [6, 6.07) is 7.63. The van der Waals surface area contributed by atoms with Crippen LogP contribution in [-0.2, 0) is 16.4 Å². The van der Waals surface area contributed by atoms with Crippen molar-refractivity contribution in [3.63, 3.8) is 0 Å². The van der Waals surface area contributed by atoms with Crippen molar-refractivity contribution >= 4 is 38.9 Å². The van der Waals surface area contributed by atoms with Gasteiger partial charge < -0.3 is 4.74 Å². The molecule has 3 rings (SSSR count). The van der Waals surface area contributed by atoms with Crippen LogP contribution in [0.25, 0.3) is 0 Å². The molecule has 1 amide bonds. The lowest BCUT2D eigenvalue weighted by Gasteiger charge is -2.17. The number of benzene rings is 1. The van der Waals surface area contributed by atoms with Crippen molar-refractivity contribution in [1.82, 2.24) is 4.72 Å². The Hall–Kier alpha value is -1.57. The normalized spacial score (nSPS) is 14.0. The van der Waals surface area contributed by atoms with E-state index >= 15 is 0 Å². The minimum absolute atomic E-state index is 0.0488. The average molecular weight is 358 g/mol. The first-order valence-corrected chi connectivity index (χ1v) is 9.22. The molecule has 0 bridgehead atoms. The molecule has 0 fully saturated rings. The van der Waals surface area contributed by atoms with Crippen molar-refractivity contribution in [3.05, 3.63) is 45.1 Å². The third-order valence-corrected chi connectivity index (χ3v) is 5.77. The Bertz CT molecular complexity index is 829. The summed E-state index contributed by atoms with van der Waals surface area (Å²) < 4.78 is 32.5. The zero-order valence-electron chi connectivity index (χ0n) is 11.3. The maximum absolute atomic E-state index is 12.3. The summed E-state index contributed by atoms with van der Waals surface area (Å²) in [7, 11) is -3.92. The molecule has 1 aromatic heterocycles. The fourth-order valence-corrected chi connectivity index (χ4v) is 4.19. The number of carbonyl (C=O) groups is 1. The molecule has 0 atom stereocenters. The molecular formula is C14H12ClNO4S2. The number of aryl methyl sites for hydroxylation is 1. The minimum Gasteiger partial charge on any atom is -0.493 e. The number of rotatable bonds is 3. The zero-order valence-corrected chi connectivity index (χ0v) is 13.7. The van der Waals surface area contributed by atoms with Crippen LogP contribution in [0, 0.1) is 0 Å². The van der Waals surface area contributed by atoms with Gasteiger partial charge in [0.05, 0.1) is 20.7 Å². The molecular weight excluding hydrogens is 346 g/mol. The van der Waals surface area contributed by atoms with E-state index in [-0.39, 0.29) is 9.77 Å². The van der Waals surface area contributed by atoms with Crippen LogP contribution in [0.3, 0.4) is 0 Å². The molecule has 1 aliphatic heterocycles. The van der Waals surface area contributed by atoms with Gasteiger partial charge in [-0.1, -0.05) is 11.6 Å². The quantitative estimate of drug-likeness (QED) is 0.916. The van der Waals surface area contributed by atoms with Crippen LogP contribution in [0.2, 0.25) is 4.34 Å². The lowest BCUT2D eigenvalue weighted by atomic mass is 10.1. The first kappa shape index (κ1) is 15.3. The highest BCUT2D eigenvalue weighted by molar-refractivity contribution is 7.90. The van der Waals surface area contributed by atoms with Crippen molar-refractivity contribution in [2.75, 3.05) is 6.61 Å². The molecule has 8 heteroatoms. The number of nitrogens with one attached hydrogen (secondary N) is 1. The molecule has 0 saturated heterocycles. The zero-order chi connectivity index (χ0) is 15.7. The summed E-state index contributed by atoms with van der Waals surface area (Å²) in [5.74, 6) is 0.00689. The Morgan fingerprint density at radius 3 is 2.82 bits per heavy atom. The molecule has 116 valence electrons. The fourth-order valence-electron chi connectivity index (χ4n) is 2.17. The van der Waals surface area contributed by atoms with Crippen LogP contribution < -0.4 is 9.46 Å². The van der Waals surface area contributed by atoms with Crippen LogP contribution in [-0.4, -0.2) is 20.9 Å². The van der Waals surface area contributed by atoms with Crippen molar-refractivity contribution < 1.29 is 17.9 Å². The number of carbonyl (C=O) groups excluding carboxylic acids is 1. The maximum Gasteiger partial charge on any atom is 0.275 e. The number of amides is 1. The Balaban J connectivity index is 1.85.